The zero-order chi connectivity index (χ0) is 14.9. The Morgan fingerprint density at radius 3 is 2.65 bits per heavy atom. The zero-order valence-corrected chi connectivity index (χ0v) is 12.5. The van der Waals surface area contributed by atoms with E-state index in [4.69, 9.17) is 16.9 Å². The van der Waals surface area contributed by atoms with Crippen molar-refractivity contribution in [2.45, 2.75) is 38.5 Å². The largest absolute Gasteiger partial charge is 0.379 e. The molecule has 8 nitrogen and oxygen atoms in total. The predicted octanol–water partition coefficient (Wildman–Crippen LogP) is 0.945. The van der Waals surface area contributed by atoms with Gasteiger partial charge < -0.3 is 11.5 Å². The van der Waals surface area contributed by atoms with E-state index in [1.807, 2.05) is 6.92 Å². The van der Waals surface area contributed by atoms with E-state index >= 15 is 0 Å². The third-order valence-electron chi connectivity index (χ3n) is 2.77. The van der Waals surface area contributed by atoms with Gasteiger partial charge in [0, 0.05) is 12.1 Å². The minimum absolute atomic E-state index is 0.0147. The summed E-state index contributed by atoms with van der Waals surface area (Å²) in [5, 5.41) is 13.5. The number of thioether (sulfide) groups is 1. The van der Waals surface area contributed by atoms with Crippen molar-refractivity contribution in [2.75, 3.05) is 10.7 Å². The molecule has 9 heteroatoms. The Hall–Kier alpha value is -1.90. The lowest BCUT2D eigenvalue weighted by Crippen LogP contribution is -2.37. The van der Waals surface area contributed by atoms with Crippen molar-refractivity contribution in [3.8, 4) is 0 Å². The molecule has 108 valence electrons. The van der Waals surface area contributed by atoms with E-state index in [-0.39, 0.29) is 16.7 Å². The summed E-state index contributed by atoms with van der Waals surface area (Å²) < 4.78 is 0. The highest BCUT2D eigenvalue weighted by Crippen LogP contribution is 2.30. The first-order valence-corrected chi connectivity index (χ1v) is 7.08. The smallest absolute Gasteiger partial charge is 0.251 e. The summed E-state index contributed by atoms with van der Waals surface area (Å²) in [5.41, 5.74) is 11.9. The minimum Gasteiger partial charge on any atom is -0.379 e. The van der Waals surface area contributed by atoms with Crippen LogP contribution in [-0.2, 0) is 5.75 Å². The minimum atomic E-state index is -0.192. The molecule has 1 aromatic rings. The zero-order valence-electron chi connectivity index (χ0n) is 11.7. The fourth-order valence-electron chi connectivity index (χ4n) is 2.08. The number of anilines is 2. The van der Waals surface area contributed by atoms with Crippen LogP contribution in [0.15, 0.2) is 5.10 Å². The van der Waals surface area contributed by atoms with Crippen LogP contribution in [0.2, 0.25) is 0 Å². The van der Waals surface area contributed by atoms with Gasteiger partial charge in [-0.3, -0.25) is 5.41 Å². The number of nitrogens with one attached hydrogen (secondary N) is 1. The molecule has 0 fully saturated rings. The number of nitrogen functional groups attached to an aromatic ring is 1. The summed E-state index contributed by atoms with van der Waals surface area (Å²) >= 11 is 1.14. The van der Waals surface area contributed by atoms with Gasteiger partial charge in [0.2, 0.25) is 5.95 Å². The number of hydrogen-bond donors (Lipinski definition) is 3. The van der Waals surface area contributed by atoms with Crippen LogP contribution in [0.3, 0.4) is 0 Å². The first kappa shape index (κ1) is 14.5. The molecule has 0 saturated carbocycles. The third kappa shape index (κ3) is 3.16. The normalized spacial score (nSPS) is 17.1. The van der Waals surface area contributed by atoms with Gasteiger partial charge >= 0.3 is 0 Å². The molecular formula is C11H18N8S. The van der Waals surface area contributed by atoms with E-state index in [9.17, 15) is 0 Å². The lowest BCUT2D eigenvalue weighted by molar-refractivity contribution is 0.505. The highest BCUT2D eigenvalue weighted by molar-refractivity contribution is 8.12. The molecular weight excluding hydrogens is 276 g/mol. The fourth-order valence-corrected chi connectivity index (χ4v) is 2.50. The molecule has 1 aliphatic rings. The lowest BCUT2D eigenvalue weighted by Gasteiger charge is -2.28. The number of amidine groups is 1. The molecule has 0 bridgehead atoms. The quantitative estimate of drug-likeness (QED) is 0.558. The van der Waals surface area contributed by atoms with E-state index < -0.39 is 0 Å². The summed E-state index contributed by atoms with van der Waals surface area (Å²) in [5.74, 6) is 1.44. The third-order valence-corrected chi connectivity index (χ3v) is 3.48. The highest BCUT2D eigenvalue weighted by Gasteiger charge is 2.35. The molecule has 2 heterocycles. The summed E-state index contributed by atoms with van der Waals surface area (Å²) in [6.07, 6.45) is 0.843. The molecule has 0 amide bonds. The number of nitrogens with zero attached hydrogens (tertiary/aromatic N) is 5. The van der Waals surface area contributed by atoms with Crippen molar-refractivity contribution in [1.82, 2.24) is 15.0 Å². The van der Waals surface area contributed by atoms with Crippen LogP contribution < -0.4 is 16.5 Å². The Morgan fingerprint density at radius 2 is 2.10 bits per heavy atom. The number of nitrogens with two attached hydrogens (primary N) is 2. The van der Waals surface area contributed by atoms with Gasteiger partial charge in [-0.1, -0.05) is 11.8 Å². The van der Waals surface area contributed by atoms with E-state index in [1.54, 1.807) is 5.01 Å². The number of rotatable bonds is 3. The van der Waals surface area contributed by atoms with E-state index in [1.165, 1.54) is 0 Å². The van der Waals surface area contributed by atoms with Crippen LogP contribution in [0.5, 0.6) is 0 Å². The van der Waals surface area contributed by atoms with Gasteiger partial charge in [-0.15, -0.1) is 0 Å². The van der Waals surface area contributed by atoms with Crippen LogP contribution in [0.25, 0.3) is 0 Å². The molecule has 2 rings (SSSR count). The van der Waals surface area contributed by atoms with Gasteiger partial charge in [0.15, 0.2) is 5.17 Å². The average molecular weight is 294 g/mol. The van der Waals surface area contributed by atoms with Gasteiger partial charge in [0.05, 0.1) is 11.3 Å². The van der Waals surface area contributed by atoms with Crippen molar-refractivity contribution in [3.63, 3.8) is 0 Å². The molecule has 1 aliphatic heterocycles. The molecule has 0 aromatic carbocycles. The molecule has 5 N–H and O–H groups in total. The van der Waals surface area contributed by atoms with Gasteiger partial charge in [0.25, 0.3) is 5.95 Å². The Morgan fingerprint density at radius 1 is 1.40 bits per heavy atom. The maximum atomic E-state index is 7.21. The van der Waals surface area contributed by atoms with Crippen LogP contribution in [0.1, 0.15) is 33.0 Å². The Labute approximate surface area is 121 Å². The van der Waals surface area contributed by atoms with Crippen molar-refractivity contribution in [1.29, 1.82) is 5.41 Å². The van der Waals surface area contributed by atoms with Crippen LogP contribution in [0, 0.1) is 5.41 Å². The summed E-state index contributed by atoms with van der Waals surface area (Å²) in [7, 11) is 0. The Balaban J connectivity index is 2.30. The molecule has 0 saturated heterocycles. The summed E-state index contributed by atoms with van der Waals surface area (Å²) in [4.78, 5) is 12.6. The molecule has 20 heavy (non-hydrogen) atoms. The molecule has 0 aliphatic carbocycles. The van der Waals surface area contributed by atoms with Gasteiger partial charge in [-0.2, -0.15) is 20.1 Å². The van der Waals surface area contributed by atoms with Crippen molar-refractivity contribution >= 4 is 34.5 Å². The molecule has 0 radical (unpaired) electrons. The standard InChI is InChI=1S/C11H18N8S/c1-6-4-11(2,3)19(18-6)10-16-7(5-20-8(12)13)15-9(14)17-10/h4-5H2,1-3H3,(H3,12,13)(H2,14,15,16,17). The average Bonchev–Trinajstić information content (AvgIpc) is 2.59. The Kier molecular flexibility index (Phi) is 3.80. The summed E-state index contributed by atoms with van der Waals surface area (Å²) in [6.45, 7) is 6.10. The highest BCUT2D eigenvalue weighted by atomic mass is 32.2. The predicted molar refractivity (Wildman–Crippen MR) is 81.7 cm³/mol. The molecule has 0 spiro atoms. The van der Waals surface area contributed by atoms with E-state index in [2.05, 4.69) is 33.9 Å². The number of aromatic nitrogens is 3. The van der Waals surface area contributed by atoms with Crippen LogP contribution in [0.4, 0.5) is 11.9 Å². The van der Waals surface area contributed by atoms with E-state index in [0.29, 0.717) is 17.5 Å². The van der Waals surface area contributed by atoms with Gasteiger partial charge in [-0.25, -0.2) is 5.01 Å². The Bertz CT molecular complexity index is 568. The lowest BCUT2D eigenvalue weighted by atomic mass is 9.99. The maximum Gasteiger partial charge on any atom is 0.251 e. The second-order valence-electron chi connectivity index (χ2n) is 5.20. The van der Waals surface area contributed by atoms with Crippen molar-refractivity contribution < 1.29 is 0 Å². The van der Waals surface area contributed by atoms with Gasteiger partial charge in [0.1, 0.15) is 5.82 Å². The first-order valence-electron chi connectivity index (χ1n) is 6.09. The molecule has 1 aromatic heterocycles. The van der Waals surface area contributed by atoms with E-state index in [0.717, 1.165) is 23.9 Å². The first-order chi connectivity index (χ1) is 9.28. The second-order valence-corrected chi connectivity index (χ2v) is 6.22. The number of hydrogen-bond acceptors (Lipinski definition) is 8. The van der Waals surface area contributed by atoms with Crippen molar-refractivity contribution in [3.05, 3.63) is 5.82 Å². The molecule has 0 atom stereocenters. The number of hydrazone groups is 1. The van der Waals surface area contributed by atoms with Gasteiger partial charge in [-0.05, 0) is 20.8 Å². The van der Waals surface area contributed by atoms with Crippen LogP contribution >= 0.6 is 11.8 Å². The SMILES string of the molecule is CC1=NN(c2nc(N)nc(CSC(=N)N)n2)C(C)(C)C1. The van der Waals surface area contributed by atoms with Crippen molar-refractivity contribution in [2.24, 2.45) is 10.8 Å². The second kappa shape index (κ2) is 5.23. The topological polar surface area (TPSA) is 130 Å². The fraction of sp³-hybridized carbons (Fsp3) is 0.545. The van der Waals surface area contributed by atoms with Crippen LogP contribution in [-0.4, -0.2) is 31.4 Å². The summed E-state index contributed by atoms with van der Waals surface area (Å²) in [6, 6.07) is 0. The maximum absolute atomic E-state index is 7.21. The monoisotopic (exact) mass is 294 g/mol. The molecule has 0 unspecified atom stereocenters.